The van der Waals surface area contributed by atoms with Crippen LogP contribution in [0.4, 0.5) is 0 Å². The highest BCUT2D eigenvalue weighted by Crippen LogP contribution is 2.26. The predicted octanol–water partition coefficient (Wildman–Crippen LogP) is 1.40. The number of hydrogen-bond donors (Lipinski definition) is 3. The van der Waals surface area contributed by atoms with Crippen molar-refractivity contribution in [1.82, 2.24) is 10.6 Å². The van der Waals surface area contributed by atoms with Crippen LogP contribution < -0.4 is 16.4 Å². The number of rotatable bonds is 9. The Morgan fingerprint density at radius 1 is 1.32 bits per heavy atom. The Morgan fingerprint density at radius 3 is 2.88 bits per heavy atom. The molecule has 6 nitrogen and oxygen atoms in total. The Bertz CT molecular complexity index is 582. The molecule has 1 aliphatic carbocycles. The fourth-order valence-corrected chi connectivity index (χ4v) is 3.90. The van der Waals surface area contributed by atoms with Crippen LogP contribution in [0.3, 0.4) is 0 Å². The lowest BCUT2D eigenvalue weighted by atomic mass is 10.0. The van der Waals surface area contributed by atoms with Crippen molar-refractivity contribution in [2.24, 2.45) is 11.7 Å². The van der Waals surface area contributed by atoms with Crippen molar-refractivity contribution in [2.45, 2.75) is 30.2 Å². The first-order chi connectivity index (χ1) is 12.2. The molecule has 0 bridgehead atoms. The van der Waals surface area contributed by atoms with Gasteiger partial charge in [0, 0.05) is 24.6 Å². The fourth-order valence-electron chi connectivity index (χ4n) is 3.02. The third kappa shape index (κ3) is 6.02. The van der Waals surface area contributed by atoms with E-state index >= 15 is 0 Å². The van der Waals surface area contributed by atoms with Crippen LogP contribution in [0.1, 0.15) is 29.6 Å². The van der Waals surface area contributed by atoms with Gasteiger partial charge in [-0.25, -0.2) is 0 Å². The number of ether oxygens (including phenoxy) is 1. The molecule has 0 aromatic heterocycles. The maximum absolute atomic E-state index is 12.7. The molecule has 138 valence electrons. The molecule has 1 aliphatic rings. The van der Waals surface area contributed by atoms with E-state index in [1.807, 2.05) is 18.2 Å². The zero-order valence-corrected chi connectivity index (χ0v) is 15.4. The van der Waals surface area contributed by atoms with Crippen LogP contribution in [0.2, 0.25) is 0 Å². The van der Waals surface area contributed by atoms with Gasteiger partial charge in [-0.3, -0.25) is 9.59 Å². The highest BCUT2D eigenvalue weighted by molar-refractivity contribution is 8.00. The largest absolute Gasteiger partial charge is 0.383 e. The molecule has 0 heterocycles. The Kier molecular flexibility index (Phi) is 8.24. The van der Waals surface area contributed by atoms with E-state index in [9.17, 15) is 9.59 Å². The van der Waals surface area contributed by atoms with E-state index in [2.05, 4.69) is 10.6 Å². The smallest absolute Gasteiger partial charge is 0.252 e. The van der Waals surface area contributed by atoms with Crippen LogP contribution in [0, 0.1) is 5.92 Å². The maximum atomic E-state index is 12.7. The van der Waals surface area contributed by atoms with Gasteiger partial charge in [0.25, 0.3) is 5.91 Å². The quantitative estimate of drug-likeness (QED) is 0.454. The number of benzene rings is 1. The molecule has 0 spiro atoms. The molecule has 0 radical (unpaired) electrons. The van der Waals surface area contributed by atoms with E-state index in [1.165, 1.54) is 11.8 Å². The van der Waals surface area contributed by atoms with Crippen LogP contribution in [-0.4, -0.2) is 50.4 Å². The molecule has 0 aliphatic heterocycles. The van der Waals surface area contributed by atoms with Gasteiger partial charge < -0.3 is 21.1 Å². The molecular formula is C18H27N3O3S. The first-order valence-electron chi connectivity index (χ1n) is 8.64. The lowest BCUT2D eigenvalue weighted by Gasteiger charge is -2.20. The van der Waals surface area contributed by atoms with Gasteiger partial charge in [-0.15, -0.1) is 11.8 Å². The summed E-state index contributed by atoms with van der Waals surface area (Å²) in [6, 6.07) is 7.53. The van der Waals surface area contributed by atoms with Crippen LogP contribution in [-0.2, 0) is 9.53 Å². The Hall–Kier alpha value is -1.57. The summed E-state index contributed by atoms with van der Waals surface area (Å²) in [6.45, 7) is 1.57. The van der Waals surface area contributed by atoms with E-state index in [0.717, 1.165) is 24.2 Å². The van der Waals surface area contributed by atoms with Gasteiger partial charge in [-0.05, 0) is 37.4 Å². The first-order valence-corrected chi connectivity index (χ1v) is 9.62. The summed E-state index contributed by atoms with van der Waals surface area (Å²) in [4.78, 5) is 25.3. The summed E-state index contributed by atoms with van der Waals surface area (Å²) in [7, 11) is 1.59. The van der Waals surface area contributed by atoms with Gasteiger partial charge in [-0.1, -0.05) is 18.6 Å². The normalized spacial score (nSPS) is 19.6. The summed E-state index contributed by atoms with van der Waals surface area (Å²) in [5.41, 5.74) is 6.40. The highest BCUT2D eigenvalue weighted by atomic mass is 32.2. The predicted molar refractivity (Wildman–Crippen MR) is 99.7 cm³/mol. The second-order valence-electron chi connectivity index (χ2n) is 6.13. The van der Waals surface area contributed by atoms with Crippen molar-refractivity contribution in [1.29, 1.82) is 0 Å². The van der Waals surface area contributed by atoms with Crippen LogP contribution in [0.25, 0.3) is 0 Å². The molecule has 25 heavy (non-hydrogen) atoms. The van der Waals surface area contributed by atoms with E-state index in [0.29, 0.717) is 31.2 Å². The summed E-state index contributed by atoms with van der Waals surface area (Å²) < 4.78 is 4.90. The minimum absolute atomic E-state index is 0.0729. The van der Waals surface area contributed by atoms with E-state index in [-0.39, 0.29) is 23.6 Å². The van der Waals surface area contributed by atoms with Crippen LogP contribution >= 0.6 is 11.8 Å². The van der Waals surface area contributed by atoms with E-state index in [1.54, 1.807) is 13.2 Å². The molecule has 1 fully saturated rings. The van der Waals surface area contributed by atoms with Crippen molar-refractivity contribution >= 4 is 23.6 Å². The topological polar surface area (TPSA) is 93.4 Å². The number of amides is 2. The van der Waals surface area contributed by atoms with Crippen molar-refractivity contribution in [2.75, 3.05) is 32.6 Å². The summed E-state index contributed by atoms with van der Waals surface area (Å²) in [5.74, 6) is 0.461. The Labute approximate surface area is 153 Å². The van der Waals surface area contributed by atoms with Crippen molar-refractivity contribution in [3.8, 4) is 0 Å². The minimum Gasteiger partial charge on any atom is -0.383 e. The summed E-state index contributed by atoms with van der Waals surface area (Å²) >= 11 is 1.37. The Morgan fingerprint density at radius 2 is 2.12 bits per heavy atom. The fraction of sp³-hybridized carbons (Fsp3) is 0.556. The van der Waals surface area contributed by atoms with Gasteiger partial charge in [0.15, 0.2) is 0 Å². The van der Waals surface area contributed by atoms with Gasteiger partial charge in [-0.2, -0.15) is 0 Å². The molecule has 1 aromatic carbocycles. The lowest BCUT2D eigenvalue weighted by Crippen LogP contribution is -2.40. The summed E-state index contributed by atoms with van der Waals surface area (Å²) in [5, 5.41) is 5.89. The molecule has 0 saturated heterocycles. The number of nitrogens with two attached hydrogens (primary N) is 1. The molecule has 2 rings (SSSR count). The molecule has 1 aromatic rings. The lowest BCUT2D eigenvalue weighted by molar-refractivity contribution is -0.118. The van der Waals surface area contributed by atoms with Gasteiger partial charge >= 0.3 is 0 Å². The average molecular weight is 365 g/mol. The minimum atomic E-state index is -0.0896. The maximum Gasteiger partial charge on any atom is 0.252 e. The van der Waals surface area contributed by atoms with Gasteiger partial charge in [0.1, 0.15) is 0 Å². The molecule has 2 atom stereocenters. The van der Waals surface area contributed by atoms with Crippen molar-refractivity contribution < 1.29 is 14.3 Å². The molecule has 4 N–H and O–H groups in total. The number of thioether (sulfide) groups is 1. The third-order valence-corrected chi connectivity index (χ3v) is 5.47. The standard InChI is InChI=1S/C18H27N3O3S/c1-24-10-9-20-17(22)12-25-16-8-3-2-6-14(16)18(23)21-15-7-4-5-13(15)11-19/h2-3,6,8,13,15H,4-5,7,9-12,19H2,1H3,(H,20,22)(H,21,23). The molecule has 2 unspecified atom stereocenters. The molecule has 7 heteroatoms. The molecule has 1 saturated carbocycles. The second kappa shape index (κ2) is 10.4. The zero-order chi connectivity index (χ0) is 18.1. The Balaban J connectivity index is 1.92. The molecular weight excluding hydrogens is 338 g/mol. The van der Waals surface area contributed by atoms with Crippen molar-refractivity contribution in [3.05, 3.63) is 29.8 Å². The van der Waals surface area contributed by atoms with Crippen molar-refractivity contribution in [3.63, 3.8) is 0 Å². The third-order valence-electron chi connectivity index (χ3n) is 4.40. The number of methoxy groups -OCH3 is 1. The monoisotopic (exact) mass is 365 g/mol. The zero-order valence-electron chi connectivity index (χ0n) is 14.6. The average Bonchev–Trinajstić information content (AvgIpc) is 3.07. The highest BCUT2D eigenvalue weighted by Gasteiger charge is 2.28. The second-order valence-corrected chi connectivity index (χ2v) is 7.15. The number of nitrogens with one attached hydrogen (secondary N) is 2. The SMILES string of the molecule is COCCNC(=O)CSc1ccccc1C(=O)NC1CCCC1CN. The number of carbonyl (C=O) groups excluding carboxylic acids is 2. The van der Waals surface area contributed by atoms with Gasteiger partial charge in [0.2, 0.25) is 5.91 Å². The number of hydrogen-bond acceptors (Lipinski definition) is 5. The van der Waals surface area contributed by atoms with Crippen LogP contribution in [0.15, 0.2) is 29.2 Å². The summed E-state index contributed by atoms with van der Waals surface area (Å²) in [6.07, 6.45) is 3.15. The molecule has 2 amide bonds. The van der Waals surface area contributed by atoms with Crippen LogP contribution in [0.5, 0.6) is 0 Å². The van der Waals surface area contributed by atoms with E-state index < -0.39 is 0 Å². The first kappa shape index (κ1) is 19.8. The number of carbonyl (C=O) groups is 2. The van der Waals surface area contributed by atoms with Gasteiger partial charge in [0.05, 0.1) is 17.9 Å². The van der Waals surface area contributed by atoms with E-state index in [4.69, 9.17) is 10.5 Å².